The van der Waals surface area contributed by atoms with E-state index in [0.717, 1.165) is 60.1 Å². The van der Waals surface area contributed by atoms with Gasteiger partial charge in [-0.3, -0.25) is 14.8 Å². The fourth-order valence-electron chi connectivity index (χ4n) is 8.14. The summed E-state index contributed by atoms with van der Waals surface area (Å²) in [7, 11) is 1.55. The lowest BCUT2D eigenvalue weighted by atomic mass is 9.91. The molecule has 326 valence electrons. The van der Waals surface area contributed by atoms with Gasteiger partial charge in [0.05, 0.1) is 74.4 Å². The molecular weight excluding hydrogens is 966 g/mol. The van der Waals surface area contributed by atoms with Crippen LogP contribution in [0.15, 0.2) is 111 Å². The van der Waals surface area contributed by atoms with Crippen molar-refractivity contribution in [3.05, 3.63) is 156 Å². The number of pyridine rings is 6. The van der Waals surface area contributed by atoms with E-state index < -0.39 is 0 Å². The highest BCUT2D eigenvalue weighted by atomic mass is 79.9. The van der Waals surface area contributed by atoms with Crippen molar-refractivity contribution in [3.63, 3.8) is 0 Å². The van der Waals surface area contributed by atoms with Crippen LogP contribution in [0.2, 0.25) is 5.02 Å². The molecule has 2 aromatic carbocycles. The molecule has 64 heavy (non-hydrogen) atoms. The number of methoxy groups -OCH3 is 1. The monoisotopic (exact) mass is 1010 g/mol. The Labute approximate surface area is 390 Å². The van der Waals surface area contributed by atoms with Gasteiger partial charge in [0.15, 0.2) is 0 Å². The van der Waals surface area contributed by atoms with E-state index in [1.807, 2.05) is 44.4 Å². The Balaban J connectivity index is 0.000000146. The molecule has 0 aliphatic carbocycles. The molecular formula is C49H43Br2ClF2N8O2. The van der Waals surface area contributed by atoms with Gasteiger partial charge in [-0.2, -0.15) is 0 Å². The number of hydrogen-bond acceptors (Lipinski definition) is 9. The van der Waals surface area contributed by atoms with Crippen LogP contribution in [0.4, 0.5) is 25.8 Å². The van der Waals surface area contributed by atoms with Gasteiger partial charge in [0.1, 0.15) is 11.6 Å². The molecule has 0 bridgehead atoms. The molecule has 2 N–H and O–H groups in total. The van der Waals surface area contributed by atoms with Gasteiger partial charge >= 0.3 is 0 Å². The number of aromatic nitrogens is 6. The summed E-state index contributed by atoms with van der Waals surface area (Å²) in [5, 5.41) is 5.47. The Bertz CT molecular complexity index is 3180. The second-order valence-electron chi connectivity index (χ2n) is 16.9. The van der Waals surface area contributed by atoms with Gasteiger partial charge < -0.3 is 19.9 Å². The van der Waals surface area contributed by atoms with Crippen LogP contribution in [0.3, 0.4) is 0 Å². The maximum Gasteiger partial charge on any atom is 0.248 e. The number of benzene rings is 2. The molecule has 0 saturated carbocycles. The number of aromatic amines is 1. The number of nitrogens with zero attached hydrogens (tertiary/aromatic N) is 6. The van der Waals surface area contributed by atoms with Crippen molar-refractivity contribution in [2.24, 2.45) is 0 Å². The quantitative estimate of drug-likeness (QED) is 0.177. The van der Waals surface area contributed by atoms with Crippen LogP contribution in [0.5, 0.6) is 5.88 Å². The van der Waals surface area contributed by atoms with E-state index in [1.54, 1.807) is 31.4 Å². The Hall–Kier alpha value is -5.83. The largest absolute Gasteiger partial charge is 0.481 e. The van der Waals surface area contributed by atoms with Crippen molar-refractivity contribution in [2.75, 3.05) is 30.4 Å². The molecule has 2 aliphatic heterocycles. The van der Waals surface area contributed by atoms with Crippen LogP contribution in [0.25, 0.3) is 44.6 Å². The average Bonchev–Trinajstić information content (AvgIpc) is 3.71. The molecule has 6 aromatic heterocycles. The van der Waals surface area contributed by atoms with Crippen molar-refractivity contribution in [3.8, 4) is 28.7 Å². The van der Waals surface area contributed by atoms with Crippen LogP contribution in [-0.2, 0) is 10.8 Å². The summed E-state index contributed by atoms with van der Waals surface area (Å²) < 4.78 is 34.6. The first-order chi connectivity index (χ1) is 30.4. The summed E-state index contributed by atoms with van der Waals surface area (Å²) >= 11 is 13.3. The third-order valence-corrected chi connectivity index (χ3v) is 12.6. The number of H-pyrrole nitrogens is 1. The second-order valence-corrected chi connectivity index (χ2v) is 19.1. The smallest absolute Gasteiger partial charge is 0.248 e. The average molecular weight is 1010 g/mol. The molecule has 0 amide bonds. The van der Waals surface area contributed by atoms with Gasteiger partial charge in [-0.25, -0.2) is 23.7 Å². The Morgan fingerprint density at radius 3 is 2.09 bits per heavy atom. The zero-order valence-electron chi connectivity index (χ0n) is 36.0. The lowest BCUT2D eigenvalue weighted by Crippen LogP contribution is -2.26. The number of anilines is 3. The summed E-state index contributed by atoms with van der Waals surface area (Å²) in [6.45, 7) is 14.3. The van der Waals surface area contributed by atoms with E-state index in [1.165, 1.54) is 36.0 Å². The van der Waals surface area contributed by atoms with Gasteiger partial charge in [0, 0.05) is 85.9 Å². The van der Waals surface area contributed by atoms with Gasteiger partial charge in [-0.15, -0.1) is 0 Å². The summed E-state index contributed by atoms with van der Waals surface area (Å²) in [5.74, 6) is -0.211. The van der Waals surface area contributed by atoms with Crippen LogP contribution in [0, 0.1) is 25.5 Å². The minimum absolute atomic E-state index is 0.167. The molecule has 8 aromatic rings. The van der Waals surface area contributed by atoms with Crippen molar-refractivity contribution in [1.29, 1.82) is 0 Å². The molecule has 0 unspecified atom stereocenters. The van der Waals surface area contributed by atoms with Gasteiger partial charge in [-0.05, 0) is 99.8 Å². The van der Waals surface area contributed by atoms with Gasteiger partial charge in [-0.1, -0.05) is 51.4 Å². The number of fused-ring (bicyclic) bond motifs is 4. The van der Waals surface area contributed by atoms with E-state index in [9.17, 15) is 13.6 Å². The molecule has 0 saturated heterocycles. The SMILES string of the molecule is CC1(C)CNc2cc(Br)cnc21.COc1cccc(-c2nc3cc(F)ccc3c(Cl)c2C)n1.Cc1c(-c2cccc(=O)[nH]2)nc2cc(F)ccc2c1N1CC(C)(C)c2ncc(Br)cc21. The minimum Gasteiger partial charge on any atom is -0.481 e. The molecule has 15 heteroatoms. The predicted octanol–water partition coefficient (Wildman–Crippen LogP) is 12.6. The molecule has 0 atom stereocenters. The summed E-state index contributed by atoms with van der Waals surface area (Å²) in [4.78, 5) is 39.7. The molecule has 2 aliphatic rings. The standard InChI is InChI=1S/C24H20BrFN4O.C16H12ClFN2O.C9H11BrN2/c1-13-21(17-5-4-6-20(31)28-17)29-18-10-15(26)7-8-16(18)22(13)30-12-24(2,3)23-19(30)9-14(25)11-27-23;1-9-15(17)11-7-6-10(18)8-13(11)20-16(9)12-4-3-5-14(19-12)21-2;1-9(2)5-12-7-3-6(10)4-11-8(7)9/h4-11H,12H2,1-3H3,(H,28,31);3-8H,1-2H3;3-4,12H,5H2,1-2H3. The Kier molecular flexibility index (Phi) is 12.3. The number of ether oxygens (including phenoxy) is 1. The van der Waals surface area contributed by atoms with E-state index >= 15 is 0 Å². The first kappa shape index (κ1) is 44.8. The maximum absolute atomic E-state index is 14.1. The molecule has 0 radical (unpaired) electrons. The highest BCUT2D eigenvalue weighted by Gasteiger charge is 2.39. The molecule has 10 nitrogen and oxygen atoms in total. The van der Waals surface area contributed by atoms with Crippen LogP contribution >= 0.6 is 43.5 Å². The lowest BCUT2D eigenvalue weighted by molar-refractivity contribution is 0.398. The Morgan fingerprint density at radius 1 is 0.750 bits per heavy atom. The van der Waals surface area contributed by atoms with Crippen molar-refractivity contribution in [2.45, 2.75) is 52.4 Å². The van der Waals surface area contributed by atoms with Crippen molar-refractivity contribution in [1.82, 2.24) is 29.9 Å². The third kappa shape index (κ3) is 8.83. The highest BCUT2D eigenvalue weighted by Crippen LogP contribution is 2.48. The van der Waals surface area contributed by atoms with Gasteiger partial charge in [0.2, 0.25) is 11.4 Å². The molecule has 10 rings (SSSR count). The highest BCUT2D eigenvalue weighted by molar-refractivity contribution is 9.10. The maximum atomic E-state index is 14.1. The molecule has 0 fully saturated rings. The van der Waals surface area contributed by atoms with E-state index in [4.69, 9.17) is 26.3 Å². The molecule has 8 heterocycles. The normalized spacial score (nSPS) is 14.2. The number of rotatable bonds is 4. The first-order valence-electron chi connectivity index (χ1n) is 20.3. The van der Waals surface area contributed by atoms with Crippen molar-refractivity contribution < 1.29 is 13.5 Å². The fraction of sp³-hybridized carbons (Fsp3) is 0.224. The van der Waals surface area contributed by atoms with Gasteiger partial charge in [0.25, 0.3) is 0 Å². The van der Waals surface area contributed by atoms with Crippen molar-refractivity contribution >= 4 is 82.3 Å². The fourth-order valence-corrected chi connectivity index (χ4v) is 9.04. The Morgan fingerprint density at radius 2 is 1.39 bits per heavy atom. The zero-order chi connectivity index (χ0) is 45.7. The third-order valence-electron chi connectivity index (χ3n) is 11.3. The number of nitrogens with one attached hydrogen (secondary N) is 2. The summed E-state index contributed by atoms with van der Waals surface area (Å²) in [5.41, 5.74) is 10.3. The van der Waals surface area contributed by atoms with Crippen LogP contribution in [-0.4, -0.2) is 50.1 Å². The van der Waals surface area contributed by atoms with E-state index in [2.05, 4.69) is 102 Å². The zero-order valence-corrected chi connectivity index (χ0v) is 40.0. The summed E-state index contributed by atoms with van der Waals surface area (Å²) in [6.07, 6.45) is 3.67. The first-order valence-corrected chi connectivity index (χ1v) is 22.3. The predicted molar refractivity (Wildman–Crippen MR) is 259 cm³/mol. The van der Waals surface area contributed by atoms with Crippen LogP contribution < -0.4 is 20.5 Å². The lowest BCUT2D eigenvalue weighted by Gasteiger charge is -2.26. The second kappa shape index (κ2) is 17.6. The topological polar surface area (TPSA) is 122 Å². The minimum atomic E-state index is -0.353. The van der Waals surface area contributed by atoms with E-state index in [-0.39, 0.29) is 28.0 Å². The molecule has 0 spiro atoms. The number of halogens is 5. The van der Waals surface area contributed by atoms with E-state index in [0.29, 0.717) is 51.3 Å². The number of hydrogen-bond donors (Lipinski definition) is 2. The summed E-state index contributed by atoms with van der Waals surface area (Å²) in [6, 6.07) is 23.5. The van der Waals surface area contributed by atoms with Crippen LogP contribution in [0.1, 0.15) is 50.2 Å².